The van der Waals surface area contributed by atoms with Gasteiger partial charge in [0.25, 0.3) is 23.6 Å². The smallest absolute Gasteiger partial charge is 0.259 e. The Balaban J connectivity index is 1.72. The molecule has 0 fully saturated rings. The van der Waals surface area contributed by atoms with Crippen LogP contribution in [-0.4, -0.2) is 69.7 Å². The van der Waals surface area contributed by atoms with Crippen LogP contribution in [0.25, 0.3) is 0 Å². The van der Waals surface area contributed by atoms with Crippen molar-refractivity contribution in [1.29, 1.82) is 0 Å². The fourth-order valence-electron chi connectivity index (χ4n) is 6.05. The maximum absolute atomic E-state index is 14.3. The molecule has 0 aliphatic carbocycles. The second-order valence-corrected chi connectivity index (χ2v) is 13.0. The lowest BCUT2D eigenvalue weighted by Gasteiger charge is -2.27. The number of hydrogen-bond donors (Lipinski definition) is 0. The number of fused-ring (bicyclic) bond motifs is 8. The van der Waals surface area contributed by atoms with Gasteiger partial charge in [0.2, 0.25) is 0 Å². The van der Waals surface area contributed by atoms with E-state index >= 15 is 0 Å². The zero-order valence-corrected chi connectivity index (χ0v) is 30.6. The number of hydrogen-bond acceptors (Lipinski definition) is 8. The van der Waals surface area contributed by atoms with Gasteiger partial charge in [0.15, 0.2) is 0 Å². The van der Waals surface area contributed by atoms with Crippen molar-refractivity contribution in [2.75, 3.05) is 45.8 Å². The number of aromatic nitrogens is 4. The highest BCUT2D eigenvalue weighted by atomic mass is 16.2. The Kier molecular flexibility index (Phi) is 13.1. The molecule has 272 valence electrons. The number of rotatable bonds is 12. The van der Waals surface area contributed by atoms with Crippen molar-refractivity contribution in [2.45, 2.75) is 79.1 Å². The molecule has 12 heteroatoms. The molecule has 1 aliphatic rings. The molecule has 0 atom stereocenters. The minimum Gasteiger partial charge on any atom is -0.307 e. The largest absolute Gasteiger partial charge is 0.307 e. The lowest BCUT2D eigenvalue weighted by Crippen LogP contribution is -2.36. The molecule has 52 heavy (non-hydrogen) atoms. The number of amides is 4. The van der Waals surface area contributed by atoms with Crippen molar-refractivity contribution >= 4 is 46.4 Å². The van der Waals surface area contributed by atoms with Crippen LogP contribution in [-0.2, 0) is 0 Å². The van der Waals surface area contributed by atoms with Crippen LogP contribution in [0.2, 0.25) is 0 Å². The molecule has 4 aromatic rings. The molecule has 12 nitrogen and oxygen atoms in total. The molecule has 1 aliphatic heterocycles. The topological polar surface area (TPSA) is 133 Å². The summed E-state index contributed by atoms with van der Waals surface area (Å²) >= 11 is 0. The van der Waals surface area contributed by atoms with Gasteiger partial charge >= 0.3 is 0 Å². The number of anilines is 4. The first-order chi connectivity index (χ1) is 25.3. The van der Waals surface area contributed by atoms with Gasteiger partial charge in [-0.25, -0.2) is 0 Å². The van der Waals surface area contributed by atoms with Crippen LogP contribution >= 0.6 is 0 Å². The van der Waals surface area contributed by atoms with Gasteiger partial charge in [0.05, 0.1) is 69.8 Å². The molecule has 8 bridgehead atoms. The Bertz CT molecular complexity index is 1610. The number of carbonyl (C=O) groups excluding carboxylic acids is 4. The van der Waals surface area contributed by atoms with Crippen LogP contribution in [0.5, 0.6) is 0 Å². The molecule has 0 N–H and O–H groups in total. The second-order valence-electron chi connectivity index (χ2n) is 13.0. The molecule has 0 aromatic carbocycles. The van der Waals surface area contributed by atoms with Crippen molar-refractivity contribution in [2.24, 2.45) is 0 Å². The normalized spacial score (nSPS) is 13.9. The van der Waals surface area contributed by atoms with Gasteiger partial charge in [-0.05, 0) is 49.9 Å². The van der Waals surface area contributed by atoms with Gasteiger partial charge in [-0.15, -0.1) is 0 Å². The first kappa shape index (κ1) is 37.7. The van der Waals surface area contributed by atoms with E-state index in [4.69, 9.17) is 0 Å². The number of nitrogens with zero attached hydrogens (tertiary/aromatic N) is 8. The van der Waals surface area contributed by atoms with Gasteiger partial charge < -0.3 is 19.6 Å². The Morgan fingerprint density at radius 2 is 0.577 bits per heavy atom. The standard InChI is InChI=1S/C40H48N8O4/c1-5-9-13-45-33-17-30(22-41-25-33)38(50)47(15-11-7-3)35-19-32(24-43-27-35)40(52)48(16-12-8-4)36-20-31(23-44-28-36)39(51)46(14-10-6-2)34-18-29(37(45)49)21-42-26-34/h17-28H,5-16H2,1-4H3. The SMILES string of the molecule is CCCCN1C(=O)c2cncc(c2)N(CCCC)C(=O)c2cncc(c2)N(CCCC)C(=O)c2cncc(c2)N(CCCC)C(=O)c2cncc1c2. The summed E-state index contributed by atoms with van der Waals surface area (Å²) in [6.07, 6.45) is 18.5. The van der Waals surface area contributed by atoms with Crippen LogP contribution < -0.4 is 19.6 Å². The van der Waals surface area contributed by atoms with Crippen molar-refractivity contribution in [1.82, 2.24) is 19.9 Å². The fourth-order valence-corrected chi connectivity index (χ4v) is 6.05. The first-order valence-corrected chi connectivity index (χ1v) is 18.4. The van der Waals surface area contributed by atoms with Gasteiger partial charge in [-0.3, -0.25) is 39.1 Å². The summed E-state index contributed by atoms with van der Waals surface area (Å²) < 4.78 is 0. The highest BCUT2D eigenvalue weighted by molar-refractivity contribution is 6.12. The van der Waals surface area contributed by atoms with E-state index in [2.05, 4.69) is 19.9 Å². The van der Waals surface area contributed by atoms with Gasteiger partial charge in [0, 0.05) is 51.0 Å². The number of unbranched alkanes of at least 4 members (excludes halogenated alkanes) is 4. The highest BCUT2D eigenvalue weighted by Gasteiger charge is 2.27. The average molecular weight is 705 g/mol. The molecule has 0 spiro atoms. The third kappa shape index (κ3) is 8.67. The van der Waals surface area contributed by atoms with Crippen molar-refractivity contribution in [3.8, 4) is 0 Å². The van der Waals surface area contributed by atoms with Gasteiger partial charge in [-0.2, -0.15) is 0 Å². The summed E-state index contributed by atoms with van der Waals surface area (Å²) in [5.41, 5.74) is 3.05. The van der Waals surface area contributed by atoms with Gasteiger partial charge in [-0.1, -0.05) is 53.4 Å². The number of carbonyl (C=O) groups is 4. The minimum atomic E-state index is -0.319. The molecule has 0 saturated carbocycles. The summed E-state index contributed by atoms with van der Waals surface area (Å²) in [6, 6.07) is 6.73. The summed E-state index contributed by atoms with van der Waals surface area (Å²) in [7, 11) is 0. The van der Waals surface area contributed by atoms with E-state index in [1.165, 1.54) is 24.8 Å². The Labute approximate surface area is 305 Å². The third-order valence-corrected chi connectivity index (χ3v) is 9.05. The quantitative estimate of drug-likeness (QED) is 0.149. The van der Waals surface area contributed by atoms with Crippen molar-refractivity contribution < 1.29 is 19.2 Å². The molecular formula is C40H48N8O4. The van der Waals surface area contributed by atoms with Crippen LogP contribution in [0, 0.1) is 0 Å². The van der Waals surface area contributed by atoms with E-state index in [0.717, 1.165) is 25.7 Å². The zero-order chi connectivity index (χ0) is 37.0. The molecule has 4 amide bonds. The van der Waals surface area contributed by atoms with E-state index in [0.29, 0.717) is 96.9 Å². The predicted molar refractivity (Wildman–Crippen MR) is 203 cm³/mol. The lowest BCUT2D eigenvalue weighted by atomic mass is 10.1. The first-order valence-electron chi connectivity index (χ1n) is 18.4. The van der Waals surface area contributed by atoms with E-state index in [9.17, 15) is 19.2 Å². The fraction of sp³-hybridized carbons (Fsp3) is 0.400. The summed E-state index contributed by atoms with van der Waals surface area (Å²) in [5.74, 6) is -1.28. The maximum atomic E-state index is 14.3. The van der Waals surface area contributed by atoms with Crippen molar-refractivity contribution in [3.63, 3.8) is 0 Å². The van der Waals surface area contributed by atoms with E-state index in [1.54, 1.807) is 68.7 Å². The molecule has 4 aromatic heterocycles. The second kappa shape index (κ2) is 18.1. The summed E-state index contributed by atoms with van der Waals surface area (Å²) in [5, 5.41) is 0. The molecule has 5 heterocycles. The van der Waals surface area contributed by atoms with Crippen molar-refractivity contribution in [3.05, 3.63) is 96.1 Å². The van der Waals surface area contributed by atoms with Crippen LogP contribution in [0.15, 0.2) is 73.8 Å². The molecule has 0 radical (unpaired) electrons. The molecule has 0 saturated heterocycles. The zero-order valence-electron chi connectivity index (χ0n) is 30.6. The van der Waals surface area contributed by atoms with E-state index < -0.39 is 0 Å². The third-order valence-electron chi connectivity index (χ3n) is 9.05. The monoisotopic (exact) mass is 704 g/mol. The number of pyridine rings is 4. The highest BCUT2D eigenvalue weighted by Crippen LogP contribution is 2.27. The Hall–Kier alpha value is -5.52. The maximum Gasteiger partial charge on any atom is 0.259 e. The average Bonchev–Trinajstić information content (AvgIpc) is 3.18. The lowest BCUT2D eigenvalue weighted by molar-refractivity contribution is 0.0972. The molecule has 5 rings (SSSR count). The summed E-state index contributed by atoms with van der Waals surface area (Å²) in [4.78, 5) is 81.3. The predicted octanol–water partition coefficient (Wildman–Crippen LogP) is 7.37. The van der Waals surface area contributed by atoms with E-state index in [1.807, 2.05) is 27.7 Å². The molecule has 0 unspecified atom stereocenters. The van der Waals surface area contributed by atoms with Gasteiger partial charge in [0.1, 0.15) is 0 Å². The Morgan fingerprint density at radius 3 is 0.769 bits per heavy atom. The molecular weight excluding hydrogens is 656 g/mol. The van der Waals surface area contributed by atoms with Crippen LogP contribution in [0.3, 0.4) is 0 Å². The minimum absolute atomic E-state index is 0.296. The van der Waals surface area contributed by atoms with Crippen LogP contribution in [0.4, 0.5) is 22.7 Å². The Morgan fingerprint density at radius 1 is 0.365 bits per heavy atom. The van der Waals surface area contributed by atoms with Crippen LogP contribution in [0.1, 0.15) is 120 Å². The van der Waals surface area contributed by atoms with E-state index in [-0.39, 0.29) is 23.6 Å². The summed E-state index contributed by atoms with van der Waals surface area (Å²) in [6.45, 7) is 9.72.